The van der Waals surface area contributed by atoms with Crippen molar-refractivity contribution in [2.45, 2.75) is 76.8 Å². The fourth-order valence-electron chi connectivity index (χ4n) is 6.85. The fourth-order valence-corrected chi connectivity index (χ4v) is 6.85. The van der Waals surface area contributed by atoms with Gasteiger partial charge in [0, 0.05) is 45.4 Å². The fraction of sp³-hybridized carbons (Fsp3) is 0.351. The molecular weight excluding hydrogens is 599 g/mol. The maximum atomic E-state index is 13.8. The van der Waals surface area contributed by atoms with Crippen molar-refractivity contribution in [3.63, 3.8) is 0 Å². The van der Waals surface area contributed by atoms with Gasteiger partial charge in [0.25, 0.3) is 5.91 Å². The molecule has 2 saturated carbocycles. The van der Waals surface area contributed by atoms with Crippen molar-refractivity contribution in [3.05, 3.63) is 82.8 Å². The van der Waals surface area contributed by atoms with Crippen molar-refractivity contribution < 1.29 is 28.6 Å². The van der Waals surface area contributed by atoms with Gasteiger partial charge in [0.2, 0.25) is 5.91 Å². The van der Waals surface area contributed by atoms with Crippen LogP contribution in [0.25, 0.3) is 28.4 Å². The quantitative estimate of drug-likeness (QED) is 0.164. The molecule has 0 atom stereocenters. The predicted octanol–water partition coefficient (Wildman–Crippen LogP) is 7.44. The van der Waals surface area contributed by atoms with Gasteiger partial charge < -0.3 is 25.0 Å². The van der Waals surface area contributed by atoms with Gasteiger partial charge >= 0.3 is 5.97 Å². The number of pyridine rings is 1. The number of fused-ring (bicyclic) bond motifs is 1. The zero-order valence-electron chi connectivity index (χ0n) is 26.9. The van der Waals surface area contributed by atoms with Crippen LogP contribution in [0, 0.1) is 12.7 Å². The van der Waals surface area contributed by atoms with E-state index in [1.54, 1.807) is 30.3 Å². The summed E-state index contributed by atoms with van der Waals surface area (Å²) in [7, 11) is 1.48. The number of methoxy groups -OCH3 is 1. The topological polar surface area (TPSA) is 123 Å². The Morgan fingerprint density at radius 3 is 2.45 bits per heavy atom. The van der Waals surface area contributed by atoms with Gasteiger partial charge in [-0.2, -0.15) is 0 Å². The first-order valence-corrected chi connectivity index (χ1v) is 16.1. The molecule has 0 saturated heterocycles. The Bertz CT molecular complexity index is 1880. The minimum Gasteiger partial charge on any atom is -0.496 e. The number of nitrogens with one attached hydrogen (secondary N) is 2. The molecule has 0 unspecified atom stereocenters. The number of carbonyl (C=O) groups is 3. The summed E-state index contributed by atoms with van der Waals surface area (Å²) in [5.41, 5.74) is 4.19. The van der Waals surface area contributed by atoms with Crippen LogP contribution >= 0.6 is 0 Å². The standard InChI is InChI=1S/C37H39FN4O5/c1-22(35(44)45)18-24-10-13-27(20-32(24)47-3)40-36(46)37(16-7-17-37)41-34(43)25-11-15-31-29(19-25)23(2)33(30-14-12-26(38)21-39-30)42(31)28-8-5-4-6-9-28/h10-15,18-21,28H,4-9,16-17H2,1-3H3,(H,40,46)(H,41,43)(H,44,45)/b22-18+. The summed E-state index contributed by atoms with van der Waals surface area (Å²) in [6, 6.07) is 14.1. The third kappa shape index (κ3) is 6.24. The lowest BCUT2D eigenvalue weighted by Gasteiger charge is -2.40. The van der Waals surface area contributed by atoms with Gasteiger partial charge in [-0.05, 0) is 100 Å². The molecule has 2 aromatic carbocycles. The number of carboxylic acid groups (broad SMARTS) is 1. The second-order valence-electron chi connectivity index (χ2n) is 12.7. The number of nitrogens with zero attached hydrogens (tertiary/aromatic N) is 2. The van der Waals surface area contributed by atoms with Crippen molar-refractivity contribution in [2.75, 3.05) is 12.4 Å². The van der Waals surface area contributed by atoms with Crippen LogP contribution in [0.3, 0.4) is 0 Å². The normalized spacial score (nSPS) is 16.4. The highest BCUT2D eigenvalue weighted by Gasteiger charge is 2.45. The molecule has 2 heterocycles. The molecule has 3 N–H and O–H groups in total. The number of aryl methyl sites for hydroxylation is 1. The van der Waals surface area contributed by atoms with Gasteiger partial charge in [0.1, 0.15) is 17.1 Å². The smallest absolute Gasteiger partial charge is 0.331 e. The van der Waals surface area contributed by atoms with Crippen LogP contribution in [0.15, 0.2) is 60.3 Å². The van der Waals surface area contributed by atoms with E-state index in [2.05, 4.69) is 20.2 Å². The molecule has 6 rings (SSSR count). The molecule has 9 nitrogen and oxygen atoms in total. The molecule has 2 aliphatic carbocycles. The molecule has 4 aromatic rings. The summed E-state index contributed by atoms with van der Waals surface area (Å²) in [5.74, 6) is -1.67. The maximum Gasteiger partial charge on any atom is 0.331 e. The van der Waals surface area contributed by atoms with E-state index in [0.29, 0.717) is 41.1 Å². The number of hydrogen-bond acceptors (Lipinski definition) is 5. The summed E-state index contributed by atoms with van der Waals surface area (Å²) < 4.78 is 21.6. The Morgan fingerprint density at radius 2 is 1.81 bits per heavy atom. The molecule has 0 radical (unpaired) electrons. The number of carbonyl (C=O) groups excluding carboxylic acids is 2. The minimum atomic E-state index is -1.07. The lowest BCUT2D eigenvalue weighted by Crippen LogP contribution is -2.61. The molecule has 2 aliphatic rings. The van der Waals surface area contributed by atoms with Gasteiger partial charge in [-0.15, -0.1) is 0 Å². The van der Waals surface area contributed by atoms with Gasteiger partial charge in [0.15, 0.2) is 0 Å². The Balaban J connectivity index is 1.27. The monoisotopic (exact) mass is 638 g/mol. The molecule has 0 bridgehead atoms. The number of benzene rings is 2. The van der Waals surface area contributed by atoms with Crippen LogP contribution in [0.4, 0.5) is 10.1 Å². The second kappa shape index (κ2) is 13.0. The number of aliphatic carboxylic acids is 1. The number of halogens is 1. The number of carboxylic acids is 1. The predicted molar refractivity (Wildman–Crippen MR) is 179 cm³/mol. The molecule has 47 heavy (non-hydrogen) atoms. The number of ether oxygens (including phenoxy) is 1. The van der Waals surface area contributed by atoms with Crippen molar-refractivity contribution in [1.82, 2.24) is 14.9 Å². The van der Waals surface area contributed by atoms with Crippen molar-refractivity contribution in [3.8, 4) is 17.1 Å². The third-order valence-electron chi connectivity index (χ3n) is 9.62. The number of amides is 2. The third-order valence-corrected chi connectivity index (χ3v) is 9.62. The average Bonchev–Trinajstić information content (AvgIpc) is 3.35. The van der Waals surface area contributed by atoms with Crippen molar-refractivity contribution in [1.29, 1.82) is 0 Å². The zero-order valence-corrected chi connectivity index (χ0v) is 26.9. The maximum absolute atomic E-state index is 13.8. The van der Waals surface area contributed by atoms with Gasteiger partial charge in [0.05, 0.1) is 24.7 Å². The van der Waals surface area contributed by atoms with Gasteiger partial charge in [-0.25, -0.2) is 9.18 Å². The summed E-state index contributed by atoms with van der Waals surface area (Å²) in [4.78, 5) is 43.0. The first-order valence-electron chi connectivity index (χ1n) is 16.1. The largest absolute Gasteiger partial charge is 0.496 e. The molecule has 10 heteroatoms. The molecule has 2 aromatic heterocycles. The molecule has 2 amide bonds. The Labute approximate surface area is 272 Å². The average molecular weight is 639 g/mol. The molecule has 0 aliphatic heterocycles. The highest BCUT2D eigenvalue weighted by molar-refractivity contribution is 6.06. The summed E-state index contributed by atoms with van der Waals surface area (Å²) in [5, 5.41) is 16.1. The summed E-state index contributed by atoms with van der Waals surface area (Å²) >= 11 is 0. The van der Waals surface area contributed by atoms with E-state index < -0.39 is 17.3 Å². The zero-order chi connectivity index (χ0) is 33.3. The van der Waals surface area contributed by atoms with E-state index >= 15 is 0 Å². The Kier molecular flexibility index (Phi) is 8.86. The first kappa shape index (κ1) is 32.0. The Hall–Kier alpha value is -4.99. The highest BCUT2D eigenvalue weighted by Crippen LogP contribution is 2.41. The molecule has 0 spiro atoms. The van der Waals surface area contributed by atoms with Crippen molar-refractivity contribution >= 4 is 40.4 Å². The second-order valence-corrected chi connectivity index (χ2v) is 12.7. The summed E-state index contributed by atoms with van der Waals surface area (Å²) in [6.45, 7) is 3.51. The lowest BCUT2D eigenvalue weighted by molar-refractivity contribution is -0.132. The van der Waals surface area contributed by atoms with E-state index in [1.165, 1.54) is 38.8 Å². The minimum absolute atomic E-state index is 0.151. The Morgan fingerprint density at radius 1 is 1.04 bits per heavy atom. The summed E-state index contributed by atoms with van der Waals surface area (Å²) in [6.07, 6.45) is 10.1. The molecule has 244 valence electrons. The van der Waals surface area contributed by atoms with E-state index in [0.717, 1.165) is 54.3 Å². The van der Waals surface area contributed by atoms with Crippen LogP contribution in [0.5, 0.6) is 5.75 Å². The molecular formula is C37H39FN4O5. The number of hydrogen-bond donors (Lipinski definition) is 3. The van der Waals surface area contributed by atoms with Gasteiger partial charge in [-0.3, -0.25) is 14.6 Å². The lowest BCUT2D eigenvalue weighted by atomic mass is 9.75. The molecule has 2 fully saturated rings. The van der Waals surface area contributed by atoms with E-state index in [1.807, 2.05) is 19.1 Å². The highest BCUT2D eigenvalue weighted by atomic mass is 19.1. The number of rotatable bonds is 9. The number of anilines is 1. The van der Waals surface area contributed by atoms with Crippen LogP contribution in [0.1, 0.15) is 85.8 Å². The SMILES string of the molecule is COc1cc(NC(=O)C2(NC(=O)c3ccc4c(c3)c(C)c(-c3ccc(F)cn3)n4C3CCCCC3)CCC2)ccc1/C=C(\C)C(=O)O. The number of aromatic nitrogens is 2. The van der Waals surface area contributed by atoms with Gasteiger partial charge in [-0.1, -0.05) is 19.3 Å². The van der Waals surface area contributed by atoms with Crippen LogP contribution < -0.4 is 15.4 Å². The van der Waals surface area contributed by atoms with Crippen molar-refractivity contribution in [2.24, 2.45) is 0 Å². The van der Waals surface area contributed by atoms with E-state index in [-0.39, 0.29) is 23.4 Å². The van der Waals surface area contributed by atoms with Crippen LogP contribution in [-0.4, -0.2) is 45.1 Å². The van der Waals surface area contributed by atoms with E-state index in [4.69, 9.17) is 4.74 Å². The first-order chi connectivity index (χ1) is 22.6. The van der Waals surface area contributed by atoms with Crippen LogP contribution in [-0.2, 0) is 9.59 Å². The van der Waals surface area contributed by atoms with Crippen LogP contribution in [0.2, 0.25) is 0 Å². The van der Waals surface area contributed by atoms with E-state index in [9.17, 15) is 23.9 Å².